The molecule has 1 aromatic heterocycles. The van der Waals surface area contributed by atoms with Crippen molar-refractivity contribution in [3.05, 3.63) is 24.3 Å². The van der Waals surface area contributed by atoms with Crippen molar-refractivity contribution in [2.45, 2.75) is 50.7 Å². The number of nitrogens with one attached hydrogen (secondary N) is 1. The largest absolute Gasteiger partial charge is 0.337 e. The Balaban J connectivity index is 1.64. The minimum absolute atomic E-state index is 0.539. The van der Waals surface area contributed by atoms with Crippen molar-refractivity contribution in [3.8, 4) is 0 Å². The number of piperidine rings is 1. The van der Waals surface area contributed by atoms with Gasteiger partial charge in [-0.15, -0.1) is 10.2 Å². The Hall–Kier alpha value is -1.75. The molecule has 2 fully saturated rings. The maximum Gasteiger partial charge on any atom is 0.246 e. The highest BCUT2D eigenvalue weighted by atomic mass is 15.3. The fourth-order valence-electron chi connectivity index (χ4n) is 3.84. The van der Waals surface area contributed by atoms with E-state index in [4.69, 9.17) is 4.98 Å². The quantitative estimate of drug-likeness (QED) is 0.935. The zero-order valence-corrected chi connectivity index (χ0v) is 12.4. The Morgan fingerprint density at radius 3 is 2.52 bits per heavy atom. The second-order valence-electron chi connectivity index (χ2n) is 6.15. The average Bonchev–Trinajstić information content (AvgIpc) is 2.86. The van der Waals surface area contributed by atoms with Gasteiger partial charge in [-0.2, -0.15) is 0 Å². The first-order chi connectivity index (χ1) is 10.3. The molecule has 2 unspecified atom stereocenters. The molecule has 5 heteroatoms. The fourth-order valence-corrected chi connectivity index (χ4v) is 3.84. The third kappa shape index (κ3) is 2.35. The standard InChI is InChI=1S/C16H21N5/c1-2-21(13-9-11-7-8-12(10-13)17-11)16-18-14-5-3-4-6-15(14)19-20-16/h3-6,11-13,17H,2,7-10H2,1H3. The van der Waals surface area contributed by atoms with Crippen LogP contribution >= 0.6 is 0 Å². The summed E-state index contributed by atoms with van der Waals surface area (Å²) >= 11 is 0. The number of anilines is 1. The molecule has 2 aliphatic rings. The van der Waals surface area contributed by atoms with Crippen molar-refractivity contribution in [3.63, 3.8) is 0 Å². The topological polar surface area (TPSA) is 53.9 Å². The molecule has 0 aliphatic carbocycles. The van der Waals surface area contributed by atoms with E-state index < -0.39 is 0 Å². The molecule has 5 nitrogen and oxygen atoms in total. The lowest BCUT2D eigenvalue weighted by Gasteiger charge is -2.37. The summed E-state index contributed by atoms with van der Waals surface area (Å²) in [4.78, 5) is 7.06. The van der Waals surface area contributed by atoms with Gasteiger partial charge in [0.05, 0.1) is 5.52 Å². The highest BCUT2D eigenvalue weighted by Gasteiger charge is 2.36. The molecule has 2 atom stereocenters. The van der Waals surface area contributed by atoms with Crippen LogP contribution in [0.2, 0.25) is 0 Å². The highest BCUT2D eigenvalue weighted by molar-refractivity contribution is 5.74. The van der Waals surface area contributed by atoms with E-state index in [0.717, 1.165) is 23.5 Å². The van der Waals surface area contributed by atoms with Crippen molar-refractivity contribution in [2.24, 2.45) is 0 Å². The maximum absolute atomic E-state index is 4.72. The summed E-state index contributed by atoms with van der Waals surface area (Å²) in [6.45, 7) is 3.12. The molecule has 1 N–H and O–H groups in total. The van der Waals surface area contributed by atoms with Gasteiger partial charge in [-0.3, -0.25) is 0 Å². The minimum atomic E-state index is 0.539. The molecule has 2 bridgehead atoms. The second kappa shape index (κ2) is 5.22. The van der Waals surface area contributed by atoms with E-state index in [9.17, 15) is 0 Å². The molecule has 2 aromatic rings. The number of hydrogen-bond acceptors (Lipinski definition) is 5. The zero-order valence-electron chi connectivity index (χ0n) is 12.4. The van der Waals surface area contributed by atoms with E-state index in [1.807, 2.05) is 24.3 Å². The van der Waals surface area contributed by atoms with Crippen molar-refractivity contribution < 1.29 is 0 Å². The Morgan fingerprint density at radius 1 is 1.10 bits per heavy atom. The van der Waals surface area contributed by atoms with Crippen molar-refractivity contribution in [2.75, 3.05) is 11.4 Å². The number of rotatable bonds is 3. The summed E-state index contributed by atoms with van der Waals surface area (Å²) in [5.74, 6) is 0.780. The molecule has 0 spiro atoms. The van der Waals surface area contributed by atoms with E-state index in [0.29, 0.717) is 18.1 Å². The van der Waals surface area contributed by atoms with Gasteiger partial charge in [-0.25, -0.2) is 4.98 Å². The number of para-hydroxylation sites is 1. The van der Waals surface area contributed by atoms with Gasteiger partial charge >= 0.3 is 0 Å². The normalized spacial score (nSPS) is 28.0. The van der Waals surface area contributed by atoms with Gasteiger partial charge in [0, 0.05) is 24.7 Å². The molecule has 2 aliphatic heterocycles. The summed E-state index contributed by atoms with van der Waals surface area (Å²) < 4.78 is 0. The summed E-state index contributed by atoms with van der Waals surface area (Å²) in [5.41, 5.74) is 1.79. The number of aromatic nitrogens is 3. The van der Waals surface area contributed by atoms with Crippen LogP contribution < -0.4 is 10.2 Å². The summed E-state index contributed by atoms with van der Waals surface area (Å²) in [6.07, 6.45) is 5.02. The summed E-state index contributed by atoms with van der Waals surface area (Å²) in [7, 11) is 0. The first-order valence-electron chi connectivity index (χ1n) is 7.95. The molecule has 2 saturated heterocycles. The van der Waals surface area contributed by atoms with Crippen LogP contribution in [-0.4, -0.2) is 39.9 Å². The molecule has 4 rings (SSSR count). The van der Waals surface area contributed by atoms with E-state index in [2.05, 4.69) is 27.3 Å². The molecule has 0 saturated carbocycles. The maximum atomic E-state index is 4.72. The first kappa shape index (κ1) is 13.0. The lowest BCUT2D eigenvalue weighted by molar-refractivity contribution is 0.346. The molecule has 1 aromatic carbocycles. The van der Waals surface area contributed by atoms with Crippen molar-refractivity contribution in [1.82, 2.24) is 20.5 Å². The van der Waals surface area contributed by atoms with Gasteiger partial charge in [0.25, 0.3) is 0 Å². The Morgan fingerprint density at radius 2 is 1.81 bits per heavy atom. The number of nitrogens with zero attached hydrogens (tertiary/aromatic N) is 4. The van der Waals surface area contributed by atoms with Crippen LogP contribution in [0, 0.1) is 0 Å². The van der Waals surface area contributed by atoms with Gasteiger partial charge < -0.3 is 10.2 Å². The molecule has 0 radical (unpaired) electrons. The van der Waals surface area contributed by atoms with E-state index >= 15 is 0 Å². The van der Waals surface area contributed by atoms with Crippen LogP contribution in [0.1, 0.15) is 32.6 Å². The van der Waals surface area contributed by atoms with Crippen LogP contribution in [0.3, 0.4) is 0 Å². The number of fused-ring (bicyclic) bond motifs is 3. The fraction of sp³-hybridized carbons (Fsp3) is 0.562. The first-order valence-corrected chi connectivity index (χ1v) is 7.95. The molecule has 3 heterocycles. The predicted molar refractivity (Wildman–Crippen MR) is 83.3 cm³/mol. The Labute approximate surface area is 124 Å². The molecule has 21 heavy (non-hydrogen) atoms. The summed E-state index contributed by atoms with van der Waals surface area (Å²) in [6, 6.07) is 9.83. The van der Waals surface area contributed by atoms with Gasteiger partial charge in [-0.1, -0.05) is 12.1 Å². The molecule has 110 valence electrons. The lowest BCUT2D eigenvalue weighted by Crippen LogP contribution is -2.48. The van der Waals surface area contributed by atoms with Crippen LogP contribution in [0.4, 0.5) is 5.95 Å². The summed E-state index contributed by atoms with van der Waals surface area (Å²) in [5, 5.41) is 12.4. The molecular weight excluding hydrogens is 262 g/mol. The third-order valence-corrected chi connectivity index (χ3v) is 4.84. The Bertz CT molecular complexity index is 631. The third-order valence-electron chi connectivity index (χ3n) is 4.84. The predicted octanol–water partition coefficient (Wildman–Crippen LogP) is 2.13. The minimum Gasteiger partial charge on any atom is -0.337 e. The SMILES string of the molecule is CCN(c1nnc2ccccc2n1)C1CC2CCC(C1)N2. The molecular formula is C16H21N5. The smallest absolute Gasteiger partial charge is 0.246 e. The second-order valence-corrected chi connectivity index (χ2v) is 6.15. The molecule has 0 amide bonds. The highest BCUT2D eigenvalue weighted by Crippen LogP contribution is 2.31. The monoisotopic (exact) mass is 283 g/mol. The van der Waals surface area contributed by atoms with Gasteiger partial charge in [-0.05, 0) is 44.7 Å². The van der Waals surface area contributed by atoms with Gasteiger partial charge in [0.15, 0.2) is 0 Å². The lowest BCUT2D eigenvalue weighted by atomic mass is 9.98. The van der Waals surface area contributed by atoms with E-state index in [-0.39, 0.29) is 0 Å². The average molecular weight is 283 g/mol. The number of benzene rings is 1. The van der Waals surface area contributed by atoms with E-state index in [1.165, 1.54) is 25.7 Å². The van der Waals surface area contributed by atoms with Crippen molar-refractivity contribution in [1.29, 1.82) is 0 Å². The Kier molecular flexibility index (Phi) is 3.22. The van der Waals surface area contributed by atoms with Crippen LogP contribution in [-0.2, 0) is 0 Å². The van der Waals surface area contributed by atoms with Crippen LogP contribution in [0.5, 0.6) is 0 Å². The van der Waals surface area contributed by atoms with E-state index in [1.54, 1.807) is 0 Å². The van der Waals surface area contributed by atoms with Gasteiger partial charge in [0.2, 0.25) is 5.95 Å². The van der Waals surface area contributed by atoms with Crippen LogP contribution in [0.25, 0.3) is 11.0 Å². The zero-order chi connectivity index (χ0) is 14.2. The van der Waals surface area contributed by atoms with Gasteiger partial charge in [0.1, 0.15) is 5.52 Å². The van der Waals surface area contributed by atoms with Crippen molar-refractivity contribution >= 4 is 17.0 Å². The van der Waals surface area contributed by atoms with Crippen LogP contribution in [0.15, 0.2) is 24.3 Å². The number of hydrogen-bond donors (Lipinski definition) is 1.